The molecule has 0 saturated heterocycles. The fourth-order valence-corrected chi connectivity index (χ4v) is 2.60. The van der Waals surface area contributed by atoms with Gasteiger partial charge in [-0.25, -0.2) is 0 Å². The predicted octanol–water partition coefficient (Wildman–Crippen LogP) is 3.13. The van der Waals surface area contributed by atoms with Gasteiger partial charge in [-0.1, -0.05) is 31.5 Å². The highest BCUT2D eigenvalue weighted by molar-refractivity contribution is 5.83. The Bertz CT molecular complexity index is 617. The zero-order valence-electron chi connectivity index (χ0n) is 10.6. The SMILES string of the molecule is CCCC1CC1Nc1cc2ccccc2c(=O)[nH]1. The number of fused-ring (bicyclic) bond motifs is 1. The number of aromatic amines is 1. The Kier molecular flexibility index (Phi) is 2.82. The van der Waals surface area contributed by atoms with E-state index in [1.165, 1.54) is 19.3 Å². The average molecular weight is 242 g/mol. The highest BCUT2D eigenvalue weighted by Gasteiger charge is 2.35. The molecule has 3 rings (SSSR count). The number of aromatic nitrogens is 1. The highest BCUT2D eigenvalue weighted by Crippen LogP contribution is 2.36. The molecule has 2 unspecified atom stereocenters. The lowest BCUT2D eigenvalue weighted by molar-refractivity contribution is 0.692. The van der Waals surface area contributed by atoms with Crippen molar-refractivity contribution < 1.29 is 0 Å². The van der Waals surface area contributed by atoms with E-state index in [4.69, 9.17) is 0 Å². The summed E-state index contributed by atoms with van der Waals surface area (Å²) in [6, 6.07) is 10.3. The van der Waals surface area contributed by atoms with Crippen LogP contribution in [0.2, 0.25) is 0 Å². The number of anilines is 1. The van der Waals surface area contributed by atoms with Crippen LogP contribution in [0.25, 0.3) is 10.8 Å². The topological polar surface area (TPSA) is 44.9 Å². The van der Waals surface area contributed by atoms with Crippen LogP contribution < -0.4 is 10.9 Å². The van der Waals surface area contributed by atoms with Crippen LogP contribution in [0, 0.1) is 5.92 Å². The summed E-state index contributed by atoms with van der Waals surface area (Å²) in [6.45, 7) is 2.22. The molecule has 0 amide bonds. The van der Waals surface area contributed by atoms with E-state index < -0.39 is 0 Å². The van der Waals surface area contributed by atoms with Gasteiger partial charge >= 0.3 is 0 Å². The van der Waals surface area contributed by atoms with Crippen LogP contribution in [-0.4, -0.2) is 11.0 Å². The molecule has 1 aliphatic carbocycles. The Balaban J connectivity index is 1.83. The number of hydrogen-bond donors (Lipinski definition) is 2. The molecule has 18 heavy (non-hydrogen) atoms. The lowest BCUT2D eigenvalue weighted by atomic mass is 10.2. The van der Waals surface area contributed by atoms with E-state index in [1.807, 2.05) is 30.3 Å². The minimum atomic E-state index is -0.0108. The minimum Gasteiger partial charge on any atom is -0.369 e. The van der Waals surface area contributed by atoms with E-state index in [1.54, 1.807) is 0 Å². The van der Waals surface area contributed by atoms with Gasteiger partial charge in [0.15, 0.2) is 0 Å². The molecule has 2 N–H and O–H groups in total. The molecule has 1 aliphatic rings. The minimum absolute atomic E-state index is 0.0108. The zero-order valence-corrected chi connectivity index (χ0v) is 10.6. The van der Waals surface area contributed by atoms with E-state index in [0.29, 0.717) is 6.04 Å². The molecule has 2 atom stereocenters. The van der Waals surface area contributed by atoms with Crippen molar-refractivity contribution in [1.29, 1.82) is 0 Å². The van der Waals surface area contributed by atoms with E-state index in [-0.39, 0.29) is 5.56 Å². The molecule has 0 aliphatic heterocycles. The van der Waals surface area contributed by atoms with Gasteiger partial charge in [0.05, 0.1) is 0 Å². The normalized spacial score (nSPS) is 22.1. The average Bonchev–Trinajstić information content (AvgIpc) is 3.08. The summed E-state index contributed by atoms with van der Waals surface area (Å²) in [7, 11) is 0. The van der Waals surface area contributed by atoms with Crippen molar-refractivity contribution in [2.45, 2.75) is 32.2 Å². The van der Waals surface area contributed by atoms with Gasteiger partial charge in [0.2, 0.25) is 0 Å². The molecule has 1 heterocycles. The third kappa shape index (κ3) is 2.13. The van der Waals surface area contributed by atoms with Crippen molar-refractivity contribution >= 4 is 16.6 Å². The van der Waals surface area contributed by atoms with Crippen molar-refractivity contribution in [3.8, 4) is 0 Å². The van der Waals surface area contributed by atoms with E-state index >= 15 is 0 Å². The monoisotopic (exact) mass is 242 g/mol. The van der Waals surface area contributed by atoms with Gasteiger partial charge in [-0.15, -0.1) is 0 Å². The van der Waals surface area contributed by atoms with Crippen molar-refractivity contribution in [3.05, 3.63) is 40.7 Å². The lowest BCUT2D eigenvalue weighted by Crippen LogP contribution is -2.13. The summed E-state index contributed by atoms with van der Waals surface area (Å²) in [6.07, 6.45) is 3.73. The molecule has 2 aromatic rings. The van der Waals surface area contributed by atoms with E-state index in [0.717, 1.165) is 22.5 Å². The molecular weight excluding hydrogens is 224 g/mol. The number of hydrogen-bond acceptors (Lipinski definition) is 2. The van der Waals surface area contributed by atoms with Crippen LogP contribution in [0.4, 0.5) is 5.82 Å². The fraction of sp³-hybridized carbons (Fsp3) is 0.400. The Morgan fingerprint density at radius 1 is 1.39 bits per heavy atom. The molecule has 0 radical (unpaired) electrons. The van der Waals surface area contributed by atoms with Crippen LogP contribution in [0.1, 0.15) is 26.2 Å². The zero-order chi connectivity index (χ0) is 12.5. The van der Waals surface area contributed by atoms with Crippen LogP contribution in [-0.2, 0) is 0 Å². The number of benzene rings is 1. The molecule has 1 fully saturated rings. The first kappa shape index (κ1) is 11.3. The standard InChI is InChI=1S/C15H18N2O/c1-2-5-11-8-13(11)16-14-9-10-6-3-4-7-12(10)15(18)17-14/h3-4,6-7,9,11,13H,2,5,8H2,1H3,(H2,16,17,18). The Labute approximate surface area is 106 Å². The largest absolute Gasteiger partial charge is 0.369 e. The molecule has 3 heteroatoms. The number of rotatable bonds is 4. The second-order valence-electron chi connectivity index (χ2n) is 5.13. The smallest absolute Gasteiger partial charge is 0.257 e. The third-order valence-electron chi connectivity index (χ3n) is 3.68. The maximum atomic E-state index is 11.9. The summed E-state index contributed by atoms with van der Waals surface area (Å²) in [5.41, 5.74) is -0.0108. The van der Waals surface area contributed by atoms with Gasteiger partial charge < -0.3 is 10.3 Å². The van der Waals surface area contributed by atoms with Crippen molar-refractivity contribution in [2.24, 2.45) is 5.92 Å². The Hall–Kier alpha value is -1.77. The summed E-state index contributed by atoms with van der Waals surface area (Å²) in [5.74, 6) is 1.63. The van der Waals surface area contributed by atoms with Gasteiger partial charge in [-0.3, -0.25) is 4.79 Å². The lowest BCUT2D eigenvalue weighted by Gasteiger charge is -2.06. The molecule has 0 spiro atoms. The Morgan fingerprint density at radius 3 is 3.06 bits per heavy atom. The first-order valence-corrected chi connectivity index (χ1v) is 6.66. The first-order chi connectivity index (χ1) is 8.78. The Morgan fingerprint density at radius 2 is 2.22 bits per heavy atom. The van der Waals surface area contributed by atoms with Gasteiger partial charge in [0, 0.05) is 11.4 Å². The second kappa shape index (κ2) is 4.48. The van der Waals surface area contributed by atoms with Crippen molar-refractivity contribution in [2.75, 3.05) is 5.32 Å². The van der Waals surface area contributed by atoms with Crippen LogP contribution >= 0.6 is 0 Å². The number of pyridine rings is 1. The van der Waals surface area contributed by atoms with Crippen molar-refractivity contribution in [1.82, 2.24) is 4.98 Å². The van der Waals surface area contributed by atoms with E-state index in [9.17, 15) is 4.79 Å². The van der Waals surface area contributed by atoms with Crippen LogP contribution in [0.15, 0.2) is 35.1 Å². The van der Waals surface area contributed by atoms with Gasteiger partial charge in [-0.2, -0.15) is 0 Å². The second-order valence-corrected chi connectivity index (χ2v) is 5.13. The van der Waals surface area contributed by atoms with Crippen molar-refractivity contribution in [3.63, 3.8) is 0 Å². The van der Waals surface area contributed by atoms with Gasteiger partial charge in [0.1, 0.15) is 5.82 Å². The van der Waals surface area contributed by atoms with Crippen LogP contribution in [0.3, 0.4) is 0 Å². The molecule has 1 aromatic heterocycles. The first-order valence-electron chi connectivity index (χ1n) is 6.66. The number of H-pyrrole nitrogens is 1. The molecule has 1 saturated carbocycles. The maximum absolute atomic E-state index is 11.9. The molecule has 94 valence electrons. The van der Waals surface area contributed by atoms with Crippen LogP contribution in [0.5, 0.6) is 0 Å². The predicted molar refractivity (Wildman–Crippen MR) is 75.0 cm³/mol. The highest BCUT2D eigenvalue weighted by atomic mass is 16.1. The number of nitrogens with one attached hydrogen (secondary N) is 2. The molecule has 1 aromatic carbocycles. The third-order valence-corrected chi connectivity index (χ3v) is 3.68. The molecular formula is C15H18N2O. The summed E-state index contributed by atoms with van der Waals surface area (Å²) in [4.78, 5) is 14.8. The summed E-state index contributed by atoms with van der Waals surface area (Å²) in [5, 5.41) is 5.18. The summed E-state index contributed by atoms with van der Waals surface area (Å²) < 4.78 is 0. The molecule has 3 nitrogen and oxygen atoms in total. The quantitative estimate of drug-likeness (QED) is 0.865. The maximum Gasteiger partial charge on any atom is 0.257 e. The molecule has 0 bridgehead atoms. The van der Waals surface area contributed by atoms with Gasteiger partial charge in [-0.05, 0) is 36.3 Å². The van der Waals surface area contributed by atoms with Gasteiger partial charge in [0.25, 0.3) is 5.56 Å². The summed E-state index contributed by atoms with van der Waals surface area (Å²) >= 11 is 0. The van der Waals surface area contributed by atoms with E-state index in [2.05, 4.69) is 17.2 Å². The fourth-order valence-electron chi connectivity index (χ4n) is 2.60.